The molecule has 1 heterocycles. The van der Waals surface area contributed by atoms with Crippen molar-refractivity contribution in [2.75, 3.05) is 12.3 Å². The van der Waals surface area contributed by atoms with Crippen LogP contribution in [0.5, 0.6) is 0 Å². The molecule has 0 radical (unpaired) electrons. The normalized spacial score (nSPS) is 25.3. The number of thioether (sulfide) groups is 1. The molecule has 88 valence electrons. The van der Waals surface area contributed by atoms with Gasteiger partial charge in [0.2, 0.25) is 0 Å². The fourth-order valence-electron chi connectivity index (χ4n) is 1.31. The first-order valence-electron chi connectivity index (χ1n) is 5.86. The second-order valence-corrected chi connectivity index (χ2v) is 6.56. The van der Waals surface area contributed by atoms with E-state index in [1.807, 2.05) is 11.8 Å². The average Bonchev–Trinajstić information content (AvgIpc) is 2.12. The lowest BCUT2D eigenvalue weighted by Gasteiger charge is -2.32. The highest BCUT2D eigenvalue weighted by atomic mass is 32.2. The third kappa shape index (κ3) is 4.45. The van der Waals surface area contributed by atoms with Gasteiger partial charge in [-0.15, -0.1) is 0 Å². The van der Waals surface area contributed by atoms with Crippen LogP contribution < -0.4 is 5.32 Å². The molecule has 3 heteroatoms. The number of nitrogens with one attached hydrogen (secondary N) is 1. The molecule has 0 aromatic heterocycles. The first kappa shape index (κ1) is 12.9. The summed E-state index contributed by atoms with van der Waals surface area (Å²) in [4.78, 5) is 4.67. The SMILES string of the molecule is CC(C)C(C)CN=C1NC(C)(C)CCS1. The Morgan fingerprint density at radius 1 is 1.40 bits per heavy atom. The first-order valence-corrected chi connectivity index (χ1v) is 6.85. The molecule has 0 spiro atoms. The van der Waals surface area contributed by atoms with Gasteiger partial charge in [-0.3, -0.25) is 4.99 Å². The zero-order valence-corrected chi connectivity index (χ0v) is 11.4. The van der Waals surface area contributed by atoms with E-state index in [9.17, 15) is 0 Å². The maximum Gasteiger partial charge on any atom is 0.156 e. The monoisotopic (exact) mass is 228 g/mol. The van der Waals surface area contributed by atoms with Crippen LogP contribution in [0.2, 0.25) is 0 Å². The van der Waals surface area contributed by atoms with Crippen molar-refractivity contribution < 1.29 is 0 Å². The molecule has 1 aliphatic heterocycles. The number of hydrogen-bond acceptors (Lipinski definition) is 2. The Labute approximate surface area is 98.3 Å². The summed E-state index contributed by atoms with van der Waals surface area (Å²) in [7, 11) is 0. The van der Waals surface area contributed by atoms with Gasteiger partial charge in [0.25, 0.3) is 0 Å². The zero-order chi connectivity index (χ0) is 11.5. The van der Waals surface area contributed by atoms with Crippen molar-refractivity contribution in [1.82, 2.24) is 5.32 Å². The van der Waals surface area contributed by atoms with Gasteiger partial charge in [-0.25, -0.2) is 0 Å². The summed E-state index contributed by atoms with van der Waals surface area (Å²) >= 11 is 1.86. The molecule has 0 aliphatic carbocycles. The average molecular weight is 228 g/mol. The van der Waals surface area contributed by atoms with Crippen molar-refractivity contribution in [2.45, 2.75) is 46.6 Å². The molecule has 1 unspecified atom stereocenters. The first-order chi connectivity index (χ1) is 6.91. The van der Waals surface area contributed by atoms with Gasteiger partial charge in [0.1, 0.15) is 0 Å². The molecule has 1 fully saturated rings. The van der Waals surface area contributed by atoms with Crippen molar-refractivity contribution in [3.05, 3.63) is 0 Å². The second kappa shape index (κ2) is 5.24. The highest BCUT2D eigenvalue weighted by molar-refractivity contribution is 8.13. The van der Waals surface area contributed by atoms with Crippen LogP contribution in [0.3, 0.4) is 0 Å². The molecule has 1 rings (SSSR count). The summed E-state index contributed by atoms with van der Waals surface area (Å²) in [5.41, 5.74) is 0.227. The third-order valence-electron chi connectivity index (χ3n) is 3.07. The molecule has 1 aliphatic rings. The fourth-order valence-corrected chi connectivity index (χ4v) is 2.63. The molecule has 15 heavy (non-hydrogen) atoms. The Morgan fingerprint density at radius 2 is 2.07 bits per heavy atom. The van der Waals surface area contributed by atoms with Crippen LogP contribution in [0.4, 0.5) is 0 Å². The highest BCUT2D eigenvalue weighted by Gasteiger charge is 2.24. The summed E-state index contributed by atoms with van der Waals surface area (Å²) in [6, 6.07) is 0. The summed E-state index contributed by atoms with van der Waals surface area (Å²) in [6.07, 6.45) is 1.22. The van der Waals surface area contributed by atoms with Crippen molar-refractivity contribution in [2.24, 2.45) is 16.8 Å². The van der Waals surface area contributed by atoms with Crippen LogP contribution >= 0.6 is 11.8 Å². The molecular weight excluding hydrogens is 204 g/mol. The van der Waals surface area contributed by atoms with E-state index in [0.717, 1.165) is 17.6 Å². The van der Waals surface area contributed by atoms with Crippen LogP contribution in [0.25, 0.3) is 0 Å². The summed E-state index contributed by atoms with van der Waals surface area (Å²) < 4.78 is 0. The van der Waals surface area contributed by atoms with Crippen molar-refractivity contribution in [3.8, 4) is 0 Å². The lowest BCUT2D eigenvalue weighted by molar-refractivity contribution is 0.424. The number of rotatable bonds is 3. The minimum Gasteiger partial charge on any atom is -0.360 e. The van der Waals surface area contributed by atoms with E-state index in [2.05, 4.69) is 44.9 Å². The van der Waals surface area contributed by atoms with Crippen LogP contribution in [0.15, 0.2) is 4.99 Å². The Hall–Kier alpha value is -0.180. The minimum absolute atomic E-state index is 0.227. The highest BCUT2D eigenvalue weighted by Crippen LogP contribution is 2.22. The van der Waals surface area contributed by atoms with Crippen LogP contribution in [-0.4, -0.2) is 23.0 Å². The summed E-state index contributed by atoms with van der Waals surface area (Å²) in [5, 5.41) is 4.64. The van der Waals surface area contributed by atoms with Crippen molar-refractivity contribution in [3.63, 3.8) is 0 Å². The molecule has 1 atom stereocenters. The van der Waals surface area contributed by atoms with E-state index in [1.54, 1.807) is 0 Å². The quantitative estimate of drug-likeness (QED) is 0.802. The number of aliphatic imine (C=N–C) groups is 1. The van der Waals surface area contributed by atoms with E-state index in [0.29, 0.717) is 5.92 Å². The Bertz CT molecular complexity index is 234. The smallest absolute Gasteiger partial charge is 0.156 e. The van der Waals surface area contributed by atoms with Gasteiger partial charge in [-0.05, 0) is 32.1 Å². The van der Waals surface area contributed by atoms with Gasteiger partial charge in [-0.2, -0.15) is 0 Å². The predicted molar refractivity (Wildman–Crippen MR) is 70.6 cm³/mol. The topological polar surface area (TPSA) is 24.4 Å². The van der Waals surface area contributed by atoms with Gasteiger partial charge < -0.3 is 5.32 Å². The standard InChI is InChI=1S/C12H24N2S/c1-9(2)10(3)8-13-11-14-12(4,5)6-7-15-11/h9-10H,6-8H2,1-5H3,(H,13,14). The molecule has 0 amide bonds. The van der Waals surface area contributed by atoms with E-state index >= 15 is 0 Å². The lowest BCUT2D eigenvalue weighted by atomic mass is 9.99. The van der Waals surface area contributed by atoms with Crippen LogP contribution in [0, 0.1) is 11.8 Å². The van der Waals surface area contributed by atoms with E-state index in [-0.39, 0.29) is 5.54 Å². The Balaban J connectivity index is 2.46. The Morgan fingerprint density at radius 3 is 2.60 bits per heavy atom. The van der Waals surface area contributed by atoms with Crippen LogP contribution in [0.1, 0.15) is 41.0 Å². The fraction of sp³-hybridized carbons (Fsp3) is 0.917. The molecule has 1 saturated heterocycles. The lowest BCUT2D eigenvalue weighted by Crippen LogP contribution is -2.46. The second-order valence-electron chi connectivity index (χ2n) is 5.47. The van der Waals surface area contributed by atoms with Gasteiger partial charge in [0.15, 0.2) is 5.17 Å². The van der Waals surface area contributed by atoms with Gasteiger partial charge in [-0.1, -0.05) is 32.5 Å². The number of nitrogens with zero attached hydrogens (tertiary/aromatic N) is 1. The molecule has 0 aromatic carbocycles. The molecule has 0 aromatic rings. The molecular formula is C12H24N2S. The van der Waals surface area contributed by atoms with Crippen LogP contribution in [-0.2, 0) is 0 Å². The minimum atomic E-state index is 0.227. The maximum atomic E-state index is 4.67. The molecule has 2 nitrogen and oxygen atoms in total. The molecule has 0 saturated carbocycles. The Kier molecular flexibility index (Phi) is 4.50. The van der Waals surface area contributed by atoms with E-state index < -0.39 is 0 Å². The maximum absolute atomic E-state index is 4.67. The summed E-state index contributed by atoms with van der Waals surface area (Å²) in [5.74, 6) is 2.58. The number of amidine groups is 1. The van der Waals surface area contributed by atoms with Gasteiger partial charge in [0.05, 0.1) is 0 Å². The van der Waals surface area contributed by atoms with E-state index in [1.165, 1.54) is 12.2 Å². The molecule has 0 bridgehead atoms. The predicted octanol–water partition coefficient (Wildman–Crippen LogP) is 3.14. The zero-order valence-electron chi connectivity index (χ0n) is 10.6. The van der Waals surface area contributed by atoms with Crippen molar-refractivity contribution in [1.29, 1.82) is 0 Å². The third-order valence-corrected chi connectivity index (χ3v) is 3.98. The number of hydrogen-bond donors (Lipinski definition) is 1. The molecule has 1 N–H and O–H groups in total. The largest absolute Gasteiger partial charge is 0.360 e. The van der Waals surface area contributed by atoms with E-state index in [4.69, 9.17) is 0 Å². The van der Waals surface area contributed by atoms with Gasteiger partial charge >= 0.3 is 0 Å². The van der Waals surface area contributed by atoms with Gasteiger partial charge in [0, 0.05) is 17.8 Å². The summed E-state index contributed by atoms with van der Waals surface area (Å²) in [6.45, 7) is 12.2. The van der Waals surface area contributed by atoms with Crippen molar-refractivity contribution >= 4 is 16.9 Å².